The number of nitrogens with zero attached hydrogens (tertiary/aromatic N) is 4. The van der Waals surface area contributed by atoms with Crippen LogP contribution in [0.25, 0.3) is 105 Å². The van der Waals surface area contributed by atoms with Gasteiger partial charge in [-0.2, -0.15) is 0 Å². The molecule has 8 aromatic carbocycles. The standard InChI is InChI=1S/C49H30N4O/c1-3-12-33(13-4-1)47-50-48(52-49(51-47)35-27-29-43-41(30-35)38-17-7-9-20-42(38)53(43)36-15-5-2-6-16-36)34-24-22-31(23-25-34)37-19-11-14-32-26-28-40-39-18-8-10-21-44(39)54-46(40)45(32)37/h1-30H. The summed E-state index contributed by atoms with van der Waals surface area (Å²) >= 11 is 0. The van der Waals surface area contributed by atoms with E-state index >= 15 is 0 Å². The van der Waals surface area contributed by atoms with Crippen LogP contribution in [0.4, 0.5) is 0 Å². The quantitative estimate of drug-likeness (QED) is 0.180. The van der Waals surface area contributed by atoms with Crippen molar-refractivity contribution >= 4 is 54.5 Å². The van der Waals surface area contributed by atoms with Crippen molar-refractivity contribution in [1.29, 1.82) is 0 Å². The summed E-state index contributed by atoms with van der Waals surface area (Å²) in [7, 11) is 0. The van der Waals surface area contributed by atoms with Gasteiger partial charge in [-0.05, 0) is 65.0 Å². The molecular formula is C49H30N4O. The second kappa shape index (κ2) is 12.1. The van der Waals surface area contributed by atoms with Crippen LogP contribution in [0.2, 0.25) is 0 Å². The minimum Gasteiger partial charge on any atom is -0.455 e. The monoisotopic (exact) mass is 690 g/mol. The molecule has 0 aliphatic rings. The van der Waals surface area contributed by atoms with Gasteiger partial charge in [0.2, 0.25) is 0 Å². The second-order valence-corrected chi connectivity index (χ2v) is 13.6. The van der Waals surface area contributed by atoms with Crippen LogP contribution in [0, 0.1) is 0 Å². The number of aromatic nitrogens is 4. The number of para-hydroxylation sites is 3. The summed E-state index contributed by atoms with van der Waals surface area (Å²) in [6.45, 7) is 0. The second-order valence-electron chi connectivity index (χ2n) is 13.6. The maximum absolute atomic E-state index is 6.48. The predicted octanol–water partition coefficient (Wildman–Crippen LogP) is 12.7. The van der Waals surface area contributed by atoms with Crippen LogP contribution in [0.1, 0.15) is 0 Å². The van der Waals surface area contributed by atoms with Crippen LogP contribution >= 0.6 is 0 Å². The maximum Gasteiger partial charge on any atom is 0.164 e. The van der Waals surface area contributed by atoms with Crippen LogP contribution in [-0.2, 0) is 0 Å². The van der Waals surface area contributed by atoms with Gasteiger partial charge in [-0.25, -0.2) is 15.0 Å². The Morgan fingerprint density at radius 1 is 0.389 bits per heavy atom. The lowest BCUT2D eigenvalue weighted by Crippen LogP contribution is -2.00. The molecule has 0 bridgehead atoms. The van der Waals surface area contributed by atoms with Crippen LogP contribution in [-0.4, -0.2) is 19.5 Å². The molecule has 0 unspecified atom stereocenters. The molecule has 0 spiro atoms. The molecule has 252 valence electrons. The van der Waals surface area contributed by atoms with Gasteiger partial charge in [0.25, 0.3) is 0 Å². The van der Waals surface area contributed by atoms with E-state index in [1.165, 1.54) is 5.39 Å². The van der Waals surface area contributed by atoms with Crippen molar-refractivity contribution in [2.45, 2.75) is 0 Å². The van der Waals surface area contributed by atoms with Gasteiger partial charge in [-0.15, -0.1) is 0 Å². The fourth-order valence-electron chi connectivity index (χ4n) is 7.91. The van der Waals surface area contributed by atoms with Gasteiger partial charge in [-0.3, -0.25) is 0 Å². The Morgan fingerprint density at radius 2 is 1.00 bits per heavy atom. The zero-order valence-electron chi connectivity index (χ0n) is 29.0. The Morgan fingerprint density at radius 3 is 1.80 bits per heavy atom. The first-order valence-corrected chi connectivity index (χ1v) is 18.1. The van der Waals surface area contributed by atoms with Gasteiger partial charge >= 0.3 is 0 Å². The molecule has 3 heterocycles. The third-order valence-corrected chi connectivity index (χ3v) is 10.5. The van der Waals surface area contributed by atoms with Crippen molar-refractivity contribution in [3.63, 3.8) is 0 Å². The fraction of sp³-hybridized carbons (Fsp3) is 0. The average Bonchev–Trinajstić information content (AvgIpc) is 3.80. The largest absolute Gasteiger partial charge is 0.455 e. The van der Waals surface area contributed by atoms with Crippen molar-refractivity contribution in [3.05, 3.63) is 182 Å². The molecule has 0 aliphatic carbocycles. The van der Waals surface area contributed by atoms with E-state index in [1.54, 1.807) is 0 Å². The average molecular weight is 691 g/mol. The molecule has 0 atom stereocenters. The van der Waals surface area contributed by atoms with Crippen molar-refractivity contribution in [3.8, 4) is 51.0 Å². The number of rotatable bonds is 5. The third kappa shape index (κ3) is 4.83. The molecule has 0 amide bonds. The van der Waals surface area contributed by atoms with Crippen LogP contribution in [0.15, 0.2) is 186 Å². The van der Waals surface area contributed by atoms with E-state index < -0.39 is 0 Å². The zero-order valence-corrected chi connectivity index (χ0v) is 29.0. The van der Waals surface area contributed by atoms with Crippen molar-refractivity contribution < 1.29 is 4.42 Å². The molecule has 5 heteroatoms. The lowest BCUT2D eigenvalue weighted by molar-refractivity contribution is 0.673. The molecule has 0 saturated carbocycles. The normalized spacial score (nSPS) is 11.7. The highest BCUT2D eigenvalue weighted by molar-refractivity contribution is 6.19. The summed E-state index contributed by atoms with van der Waals surface area (Å²) in [6.07, 6.45) is 0. The lowest BCUT2D eigenvalue weighted by Gasteiger charge is -2.11. The summed E-state index contributed by atoms with van der Waals surface area (Å²) < 4.78 is 8.80. The molecule has 0 aliphatic heterocycles. The Balaban J connectivity index is 1.05. The smallest absolute Gasteiger partial charge is 0.164 e. The first kappa shape index (κ1) is 30.3. The highest BCUT2D eigenvalue weighted by atomic mass is 16.3. The predicted molar refractivity (Wildman–Crippen MR) is 221 cm³/mol. The highest BCUT2D eigenvalue weighted by Crippen LogP contribution is 2.40. The maximum atomic E-state index is 6.48. The van der Waals surface area contributed by atoms with Gasteiger partial charge in [0.15, 0.2) is 17.5 Å². The van der Waals surface area contributed by atoms with E-state index in [4.69, 9.17) is 19.4 Å². The van der Waals surface area contributed by atoms with Gasteiger partial charge in [0.05, 0.1) is 11.0 Å². The van der Waals surface area contributed by atoms with E-state index in [-0.39, 0.29) is 0 Å². The lowest BCUT2D eigenvalue weighted by atomic mass is 9.95. The first-order valence-electron chi connectivity index (χ1n) is 18.1. The number of hydrogen-bond acceptors (Lipinski definition) is 4. The van der Waals surface area contributed by atoms with E-state index in [0.29, 0.717) is 17.5 Å². The van der Waals surface area contributed by atoms with E-state index in [1.807, 2.05) is 42.5 Å². The molecule has 0 fully saturated rings. The Labute approximate surface area is 310 Å². The molecule has 0 N–H and O–H groups in total. The SMILES string of the molecule is c1ccc(-c2nc(-c3ccc(-c4cccc5ccc6c7ccccc7oc6c45)cc3)nc(-c3ccc4c(c3)c3ccccc3n4-c3ccccc3)n2)cc1. The van der Waals surface area contributed by atoms with Crippen molar-refractivity contribution in [1.82, 2.24) is 19.5 Å². The summed E-state index contributed by atoms with van der Waals surface area (Å²) in [6, 6.07) is 63.2. The summed E-state index contributed by atoms with van der Waals surface area (Å²) in [5, 5.41) is 6.82. The highest BCUT2D eigenvalue weighted by Gasteiger charge is 2.18. The van der Waals surface area contributed by atoms with E-state index in [9.17, 15) is 0 Å². The molecule has 3 aromatic heterocycles. The minimum atomic E-state index is 0.620. The number of furan rings is 1. The first-order chi connectivity index (χ1) is 26.8. The summed E-state index contributed by atoms with van der Waals surface area (Å²) in [5.41, 5.74) is 10.2. The third-order valence-electron chi connectivity index (χ3n) is 10.5. The summed E-state index contributed by atoms with van der Waals surface area (Å²) in [4.78, 5) is 15.2. The Bertz CT molecular complexity index is 3200. The summed E-state index contributed by atoms with van der Waals surface area (Å²) in [5.74, 6) is 1.88. The fourth-order valence-corrected chi connectivity index (χ4v) is 7.91. The molecule has 0 saturated heterocycles. The number of benzene rings is 8. The molecule has 0 radical (unpaired) electrons. The van der Waals surface area contributed by atoms with Gasteiger partial charge in [0, 0.05) is 49.3 Å². The molecule has 5 nitrogen and oxygen atoms in total. The topological polar surface area (TPSA) is 56.7 Å². The minimum absolute atomic E-state index is 0.620. The van der Waals surface area contributed by atoms with Gasteiger partial charge < -0.3 is 8.98 Å². The number of fused-ring (bicyclic) bond motifs is 8. The van der Waals surface area contributed by atoms with E-state index in [0.717, 1.165) is 82.6 Å². The van der Waals surface area contributed by atoms with Crippen molar-refractivity contribution in [2.75, 3.05) is 0 Å². The van der Waals surface area contributed by atoms with Crippen LogP contribution < -0.4 is 0 Å². The van der Waals surface area contributed by atoms with Gasteiger partial charge in [-0.1, -0.05) is 133 Å². The number of hydrogen-bond donors (Lipinski definition) is 0. The van der Waals surface area contributed by atoms with Gasteiger partial charge in [0.1, 0.15) is 11.2 Å². The van der Waals surface area contributed by atoms with Crippen molar-refractivity contribution in [2.24, 2.45) is 0 Å². The molecule has 11 aromatic rings. The Kier molecular flexibility index (Phi) is 6.79. The van der Waals surface area contributed by atoms with Crippen LogP contribution in [0.3, 0.4) is 0 Å². The Hall–Kier alpha value is -7.37. The molecule has 11 rings (SSSR count). The molecular weight excluding hydrogens is 661 g/mol. The molecule has 54 heavy (non-hydrogen) atoms. The van der Waals surface area contributed by atoms with E-state index in [2.05, 4.69) is 144 Å². The van der Waals surface area contributed by atoms with Crippen LogP contribution in [0.5, 0.6) is 0 Å². The zero-order chi connectivity index (χ0) is 35.6.